The number of hydrogen-bond acceptors (Lipinski definition) is 5. The number of rotatable bonds is 4. The predicted octanol–water partition coefficient (Wildman–Crippen LogP) is 1.04. The molecule has 2 aliphatic rings. The van der Waals surface area contributed by atoms with Gasteiger partial charge in [-0.1, -0.05) is 30.3 Å². The lowest BCUT2D eigenvalue weighted by Crippen LogP contribution is -2.41. The molecule has 1 aromatic rings. The molecule has 2 heterocycles. The van der Waals surface area contributed by atoms with Crippen LogP contribution in [0.25, 0.3) is 6.08 Å². The molecule has 122 valence electrons. The van der Waals surface area contributed by atoms with Crippen LogP contribution in [0.4, 0.5) is 4.79 Å². The van der Waals surface area contributed by atoms with Crippen molar-refractivity contribution in [2.45, 2.75) is 12.5 Å². The van der Waals surface area contributed by atoms with E-state index in [4.69, 9.17) is 0 Å². The molecule has 0 aliphatic carbocycles. The molecule has 0 N–H and O–H groups in total. The molecule has 0 spiro atoms. The standard InChI is InChI=1S/C15H16N2O5S/c18-14-11-22-15(19)17(14)13-6-8-16(10-13)23(20,21)9-7-12-4-2-1-3-5-12/h1-5,7,9,13H,6,8,10-11H2/b9-7+/t13-/m1/s1. The molecule has 2 amide bonds. The van der Waals surface area contributed by atoms with E-state index in [1.165, 1.54) is 10.4 Å². The van der Waals surface area contributed by atoms with Gasteiger partial charge < -0.3 is 4.74 Å². The molecule has 2 saturated heterocycles. The maximum absolute atomic E-state index is 12.3. The molecule has 0 aromatic heterocycles. The molecule has 0 saturated carbocycles. The van der Waals surface area contributed by atoms with Crippen molar-refractivity contribution in [3.63, 3.8) is 0 Å². The minimum absolute atomic E-state index is 0.0995. The molecule has 8 heteroatoms. The summed E-state index contributed by atoms with van der Waals surface area (Å²) in [7, 11) is -3.59. The summed E-state index contributed by atoms with van der Waals surface area (Å²) in [6, 6.07) is 8.64. The van der Waals surface area contributed by atoms with E-state index in [9.17, 15) is 18.0 Å². The molecule has 2 aliphatic heterocycles. The Morgan fingerprint density at radius 1 is 1.17 bits per heavy atom. The maximum Gasteiger partial charge on any atom is 0.417 e. The Morgan fingerprint density at radius 3 is 2.57 bits per heavy atom. The van der Waals surface area contributed by atoms with Gasteiger partial charge in [-0.2, -0.15) is 4.31 Å². The number of carbonyl (C=O) groups is 2. The van der Waals surface area contributed by atoms with E-state index in [2.05, 4.69) is 4.74 Å². The quantitative estimate of drug-likeness (QED) is 0.820. The average molecular weight is 336 g/mol. The predicted molar refractivity (Wildman–Crippen MR) is 82.6 cm³/mol. The minimum Gasteiger partial charge on any atom is -0.439 e. The highest BCUT2D eigenvalue weighted by Gasteiger charge is 2.42. The Bertz CT molecular complexity index is 728. The Hall–Kier alpha value is -2.19. The topological polar surface area (TPSA) is 84.0 Å². The third-order valence-corrected chi connectivity index (χ3v) is 5.40. The molecular weight excluding hydrogens is 320 g/mol. The summed E-state index contributed by atoms with van der Waals surface area (Å²) in [5, 5.41) is 1.15. The zero-order chi connectivity index (χ0) is 16.4. The zero-order valence-corrected chi connectivity index (χ0v) is 13.1. The second-order valence-corrected chi connectivity index (χ2v) is 7.20. The number of benzene rings is 1. The molecule has 2 fully saturated rings. The first-order valence-electron chi connectivity index (χ1n) is 7.19. The molecule has 23 heavy (non-hydrogen) atoms. The highest BCUT2D eigenvalue weighted by molar-refractivity contribution is 7.92. The normalized spacial score (nSPS) is 23.0. The summed E-state index contributed by atoms with van der Waals surface area (Å²) in [5.41, 5.74) is 0.783. The van der Waals surface area contributed by atoms with Crippen molar-refractivity contribution in [3.8, 4) is 0 Å². The smallest absolute Gasteiger partial charge is 0.417 e. The number of sulfonamides is 1. The van der Waals surface area contributed by atoms with E-state index in [-0.39, 0.29) is 19.7 Å². The van der Waals surface area contributed by atoms with Crippen LogP contribution in [-0.2, 0) is 19.6 Å². The lowest BCUT2D eigenvalue weighted by Gasteiger charge is -2.19. The van der Waals surface area contributed by atoms with Gasteiger partial charge in [-0.3, -0.25) is 4.79 Å². The SMILES string of the molecule is O=C1COC(=O)N1[C@@H]1CCN(S(=O)(=O)/C=C/c2ccccc2)C1. The number of amides is 2. The molecule has 1 aromatic carbocycles. The maximum atomic E-state index is 12.3. The van der Waals surface area contributed by atoms with Gasteiger partial charge in [0.2, 0.25) is 10.0 Å². The molecule has 3 rings (SSSR count). The van der Waals surface area contributed by atoms with Gasteiger partial charge in [-0.25, -0.2) is 18.1 Å². The van der Waals surface area contributed by atoms with Crippen molar-refractivity contribution < 1.29 is 22.7 Å². The first-order chi connectivity index (χ1) is 11.0. The molecule has 1 atom stereocenters. The number of ether oxygens (including phenoxy) is 1. The van der Waals surface area contributed by atoms with Crippen LogP contribution in [0.2, 0.25) is 0 Å². The molecule has 7 nitrogen and oxygen atoms in total. The fourth-order valence-corrected chi connectivity index (χ4v) is 3.93. The lowest BCUT2D eigenvalue weighted by atomic mass is 10.2. The Balaban J connectivity index is 1.69. The number of carbonyl (C=O) groups excluding carboxylic acids is 2. The Labute approximate surface area is 134 Å². The number of imide groups is 1. The fourth-order valence-electron chi connectivity index (χ4n) is 2.68. The molecular formula is C15H16N2O5S. The van der Waals surface area contributed by atoms with E-state index in [0.717, 1.165) is 15.9 Å². The van der Waals surface area contributed by atoms with Crippen LogP contribution in [0.15, 0.2) is 35.7 Å². The summed E-state index contributed by atoms with van der Waals surface area (Å²) in [4.78, 5) is 24.2. The minimum atomic E-state index is -3.59. The van der Waals surface area contributed by atoms with Crippen molar-refractivity contribution >= 4 is 28.1 Å². The summed E-state index contributed by atoms with van der Waals surface area (Å²) in [5.74, 6) is -0.418. The van der Waals surface area contributed by atoms with Crippen molar-refractivity contribution in [1.29, 1.82) is 0 Å². The van der Waals surface area contributed by atoms with Crippen molar-refractivity contribution in [3.05, 3.63) is 41.3 Å². The summed E-state index contributed by atoms with van der Waals surface area (Å²) in [6.45, 7) is 0.0987. The first-order valence-corrected chi connectivity index (χ1v) is 8.70. The molecule has 0 bridgehead atoms. The highest BCUT2D eigenvalue weighted by Crippen LogP contribution is 2.23. The summed E-state index contributed by atoms with van der Waals surface area (Å²) in [6.07, 6.45) is 1.25. The monoisotopic (exact) mass is 336 g/mol. The van der Waals surface area contributed by atoms with Gasteiger partial charge in [0.1, 0.15) is 0 Å². The van der Waals surface area contributed by atoms with Crippen LogP contribution < -0.4 is 0 Å². The Kier molecular flexibility index (Phi) is 4.18. The van der Waals surface area contributed by atoms with Gasteiger partial charge in [0.25, 0.3) is 5.91 Å². The van der Waals surface area contributed by atoms with Gasteiger partial charge in [0, 0.05) is 18.5 Å². The van der Waals surface area contributed by atoms with Gasteiger partial charge >= 0.3 is 6.09 Å². The van der Waals surface area contributed by atoms with Crippen molar-refractivity contribution in [1.82, 2.24) is 9.21 Å². The van der Waals surface area contributed by atoms with Crippen LogP contribution >= 0.6 is 0 Å². The second-order valence-electron chi connectivity index (χ2n) is 5.38. The van der Waals surface area contributed by atoms with Crippen molar-refractivity contribution in [2.75, 3.05) is 19.7 Å². The van der Waals surface area contributed by atoms with E-state index in [1.807, 2.05) is 18.2 Å². The van der Waals surface area contributed by atoms with E-state index in [1.54, 1.807) is 12.1 Å². The van der Waals surface area contributed by atoms with Crippen LogP contribution in [0.3, 0.4) is 0 Å². The molecule has 0 radical (unpaired) electrons. The average Bonchev–Trinajstić information content (AvgIpc) is 3.14. The second kappa shape index (κ2) is 6.13. The van der Waals surface area contributed by atoms with Gasteiger partial charge in [-0.15, -0.1) is 0 Å². The summed E-state index contributed by atoms with van der Waals surface area (Å²) < 4.78 is 30.6. The van der Waals surface area contributed by atoms with Gasteiger partial charge in [-0.05, 0) is 18.1 Å². The van der Waals surface area contributed by atoms with Crippen LogP contribution in [0.5, 0.6) is 0 Å². The third kappa shape index (κ3) is 3.27. The first kappa shape index (κ1) is 15.7. The highest BCUT2D eigenvalue weighted by atomic mass is 32.2. The number of hydrogen-bond donors (Lipinski definition) is 0. The van der Waals surface area contributed by atoms with Crippen molar-refractivity contribution in [2.24, 2.45) is 0 Å². The number of nitrogens with zero attached hydrogens (tertiary/aromatic N) is 2. The molecule has 0 unspecified atom stereocenters. The van der Waals surface area contributed by atoms with E-state index >= 15 is 0 Å². The lowest BCUT2D eigenvalue weighted by molar-refractivity contribution is -0.127. The largest absolute Gasteiger partial charge is 0.439 e. The summed E-state index contributed by atoms with van der Waals surface area (Å²) >= 11 is 0. The fraction of sp³-hybridized carbons (Fsp3) is 0.333. The third-order valence-electron chi connectivity index (χ3n) is 3.87. The van der Waals surface area contributed by atoms with E-state index in [0.29, 0.717) is 6.42 Å². The number of cyclic esters (lactones) is 1. The van der Waals surface area contributed by atoms with Crippen LogP contribution in [0.1, 0.15) is 12.0 Å². The Morgan fingerprint density at radius 2 is 1.91 bits per heavy atom. The van der Waals surface area contributed by atoms with Gasteiger partial charge in [0.15, 0.2) is 6.61 Å². The van der Waals surface area contributed by atoms with Crippen LogP contribution in [0, 0.1) is 0 Å². The zero-order valence-electron chi connectivity index (χ0n) is 12.3. The van der Waals surface area contributed by atoms with Gasteiger partial charge in [0.05, 0.1) is 6.04 Å². The van der Waals surface area contributed by atoms with E-state index < -0.39 is 28.1 Å². The van der Waals surface area contributed by atoms with Crippen LogP contribution in [-0.4, -0.2) is 55.4 Å².